The van der Waals surface area contributed by atoms with Gasteiger partial charge in [-0.1, -0.05) is 15.9 Å². The zero-order chi connectivity index (χ0) is 16.9. The van der Waals surface area contributed by atoms with Crippen molar-refractivity contribution < 1.29 is 19.0 Å². The van der Waals surface area contributed by atoms with Crippen molar-refractivity contribution in [3.05, 3.63) is 0 Å². The lowest BCUT2D eigenvalue weighted by atomic mass is 9.92. The minimum absolute atomic E-state index is 0.156. The van der Waals surface area contributed by atoms with E-state index in [1.54, 1.807) is 4.90 Å². The first kappa shape index (κ1) is 19.0. The molecule has 2 heterocycles. The Bertz CT molecular complexity index is 383. The summed E-state index contributed by atoms with van der Waals surface area (Å²) >= 11 is 3.61. The molecule has 0 unspecified atom stereocenters. The summed E-state index contributed by atoms with van der Waals surface area (Å²) in [6, 6.07) is 0. The average molecular weight is 392 g/mol. The molecule has 5 nitrogen and oxygen atoms in total. The van der Waals surface area contributed by atoms with Crippen molar-refractivity contribution in [2.45, 2.75) is 57.7 Å². The van der Waals surface area contributed by atoms with Crippen LogP contribution in [-0.4, -0.2) is 60.4 Å². The molecule has 0 atom stereocenters. The number of nitrogens with zero attached hydrogens (tertiary/aromatic N) is 1. The van der Waals surface area contributed by atoms with Crippen LogP contribution < -0.4 is 0 Å². The predicted molar refractivity (Wildman–Crippen MR) is 93.1 cm³/mol. The minimum atomic E-state index is -0.444. The molecule has 0 aromatic rings. The molecule has 0 saturated carbocycles. The zero-order valence-corrected chi connectivity index (χ0v) is 16.2. The molecule has 2 fully saturated rings. The molecule has 0 aliphatic carbocycles. The van der Waals surface area contributed by atoms with E-state index in [0.717, 1.165) is 50.8 Å². The summed E-state index contributed by atoms with van der Waals surface area (Å²) in [5, 5.41) is 0.811. The van der Waals surface area contributed by atoms with E-state index in [9.17, 15) is 4.79 Å². The molecular formula is C17H30BrNO4. The van der Waals surface area contributed by atoms with Crippen LogP contribution in [-0.2, 0) is 14.2 Å². The summed E-state index contributed by atoms with van der Waals surface area (Å²) in [5.41, 5.74) is -0.600. The fraction of sp³-hybridized carbons (Fsp3) is 0.941. The quantitative estimate of drug-likeness (QED) is 0.686. The zero-order valence-electron chi connectivity index (χ0n) is 14.6. The largest absolute Gasteiger partial charge is 0.444 e. The molecule has 23 heavy (non-hydrogen) atoms. The van der Waals surface area contributed by atoms with E-state index >= 15 is 0 Å². The van der Waals surface area contributed by atoms with Gasteiger partial charge in [0.2, 0.25) is 0 Å². The Kier molecular flexibility index (Phi) is 6.75. The van der Waals surface area contributed by atoms with Crippen LogP contribution in [0.1, 0.15) is 46.5 Å². The summed E-state index contributed by atoms with van der Waals surface area (Å²) in [6.45, 7) is 9.56. The average Bonchev–Trinajstić information content (AvgIpc) is 2.53. The Labute approximate surface area is 148 Å². The molecule has 134 valence electrons. The van der Waals surface area contributed by atoms with E-state index in [1.807, 2.05) is 20.8 Å². The van der Waals surface area contributed by atoms with E-state index in [0.29, 0.717) is 19.0 Å². The molecule has 2 aliphatic rings. The first-order valence-corrected chi connectivity index (χ1v) is 9.71. The molecule has 2 saturated heterocycles. The summed E-state index contributed by atoms with van der Waals surface area (Å²) in [6.07, 6.45) is 3.65. The summed E-state index contributed by atoms with van der Waals surface area (Å²) in [5.74, 6) is 0.601. The summed E-state index contributed by atoms with van der Waals surface area (Å²) < 4.78 is 17.2. The first-order valence-electron chi connectivity index (χ1n) is 8.59. The van der Waals surface area contributed by atoms with E-state index in [1.165, 1.54) is 0 Å². The second-order valence-electron chi connectivity index (χ2n) is 7.65. The number of likely N-dealkylation sites (tertiary alicyclic amines) is 1. The van der Waals surface area contributed by atoms with Gasteiger partial charge < -0.3 is 19.1 Å². The van der Waals surface area contributed by atoms with Crippen molar-refractivity contribution in [2.75, 3.05) is 38.2 Å². The fourth-order valence-corrected chi connectivity index (χ4v) is 3.67. The number of ether oxygens (including phenoxy) is 3. The molecule has 1 amide bonds. The van der Waals surface area contributed by atoms with E-state index in [4.69, 9.17) is 14.2 Å². The van der Waals surface area contributed by atoms with E-state index in [2.05, 4.69) is 15.9 Å². The molecule has 0 N–H and O–H groups in total. The Hall–Kier alpha value is -0.330. The Morgan fingerprint density at radius 3 is 2.39 bits per heavy atom. The van der Waals surface area contributed by atoms with Crippen molar-refractivity contribution in [2.24, 2.45) is 5.92 Å². The molecule has 2 rings (SSSR count). The van der Waals surface area contributed by atoms with Gasteiger partial charge in [-0.05, 0) is 52.4 Å². The monoisotopic (exact) mass is 391 g/mol. The molecule has 0 spiro atoms. The van der Waals surface area contributed by atoms with Gasteiger partial charge in [0.1, 0.15) is 5.60 Å². The third kappa shape index (κ3) is 5.91. The fourth-order valence-electron chi connectivity index (χ4n) is 2.95. The maximum absolute atomic E-state index is 12.2. The van der Waals surface area contributed by atoms with Crippen LogP contribution >= 0.6 is 15.9 Å². The van der Waals surface area contributed by atoms with Gasteiger partial charge in [0.05, 0.1) is 12.2 Å². The van der Waals surface area contributed by atoms with Gasteiger partial charge in [0, 0.05) is 31.6 Å². The van der Waals surface area contributed by atoms with Crippen molar-refractivity contribution in [3.63, 3.8) is 0 Å². The second kappa shape index (κ2) is 8.17. The third-order valence-corrected chi connectivity index (χ3v) is 5.56. The number of piperidine rings is 1. The van der Waals surface area contributed by atoms with E-state index in [-0.39, 0.29) is 11.7 Å². The number of amides is 1. The van der Waals surface area contributed by atoms with Crippen molar-refractivity contribution in [1.82, 2.24) is 4.90 Å². The van der Waals surface area contributed by atoms with Gasteiger partial charge in [-0.25, -0.2) is 4.79 Å². The number of rotatable bonds is 4. The highest BCUT2D eigenvalue weighted by Crippen LogP contribution is 2.31. The standard InChI is InChI=1S/C17H30BrNO4/c1-16(2,3)23-15(20)19-8-6-17(13-18,7-9-19)22-12-14-4-10-21-11-5-14/h14H,4-13H2,1-3H3. The number of carbonyl (C=O) groups excluding carboxylic acids is 1. The lowest BCUT2D eigenvalue weighted by Gasteiger charge is -2.41. The molecular weight excluding hydrogens is 362 g/mol. The second-order valence-corrected chi connectivity index (χ2v) is 8.21. The Morgan fingerprint density at radius 1 is 1.26 bits per heavy atom. The van der Waals surface area contributed by atoms with Gasteiger partial charge in [0.15, 0.2) is 0 Å². The highest BCUT2D eigenvalue weighted by Gasteiger charge is 2.37. The Balaban J connectivity index is 1.80. The van der Waals surface area contributed by atoms with Crippen LogP contribution in [0, 0.1) is 5.92 Å². The molecule has 2 aliphatic heterocycles. The van der Waals surface area contributed by atoms with Crippen molar-refractivity contribution in [3.8, 4) is 0 Å². The van der Waals surface area contributed by atoms with Gasteiger partial charge >= 0.3 is 6.09 Å². The first-order chi connectivity index (χ1) is 10.8. The normalized spacial score (nSPS) is 22.9. The molecule has 0 aromatic heterocycles. The van der Waals surface area contributed by atoms with Gasteiger partial charge in [-0.15, -0.1) is 0 Å². The highest BCUT2D eigenvalue weighted by atomic mass is 79.9. The minimum Gasteiger partial charge on any atom is -0.444 e. The van der Waals surface area contributed by atoms with Crippen LogP contribution in [0.25, 0.3) is 0 Å². The maximum Gasteiger partial charge on any atom is 0.410 e. The highest BCUT2D eigenvalue weighted by molar-refractivity contribution is 9.09. The molecule has 6 heteroatoms. The summed E-state index contributed by atoms with van der Waals surface area (Å²) in [4.78, 5) is 14.0. The van der Waals surface area contributed by atoms with Crippen LogP contribution in [0.4, 0.5) is 4.79 Å². The van der Waals surface area contributed by atoms with Crippen molar-refractivity contribution >= 4 is 22.0 Å². The lowest BCUT2D eigenvalue weighted by molar-refractivity contribution is -0.0904. The lowest BCUT2D eigenvalue weighted by Crippen LogP contribution is -2.50. The van der Waals surface area contributed by atoms with Crippen LogP contribution in [0.15, 0.2) is 0 Å². The third-order valence-electron chi connectivity index (χ3n) is 4.54. The topological polar surface area (TPSA) is 48.0 Å². The van der Waals surface area contributed by atoms with Crippen LogP contribution in [0.2, 0.25) is 0 Å². The van der Waals surface area contributed by atoms with Crippen molar-refractivity contribution in [1.29, 1.82) is 0 Å². The molecule has 0 radical (unpaired) electrons. The number of alkyl halides is 1. The summed E-state index contributed by atoms with van der Waals surface area (Å²) in [7, 11) is 0. The number of hydrogen-bond acceptors (Lipinski definition) is 4. The molecule has 0 aromatic carbocycles. The SMILES string of the molecule is CC(C)(C)OC(=O)N1CCC(CBr)(OCC2CCOCC2)CC1. The maximum atomic E-state index is 12.2. The van der Waals surface area contributed by atoms with Gasteiger partial charge in [-0.2, -0.15) is 0 Å². The van der Waals surface area contributed by atoms with Crippen LogP contribution in [0.3, 0.4) is 0 Å². The Morgan fingerprint density at radius 2 is 1.87 bits per heavy atom. The number of carbonyl (C=O) groups is 1. The van der Waals surface area contributed by atoms with E-state index < -0.39 is 5.60 Å². The number of hydrogen-bond donors (Lipinski definition) is 0. The number of halogens is 1. The molecule has 0 bridgehead atoms. The predicted octanol–water partition coefficient (Wildman–Crippen LogP) is 3.59. The smallest absolute Gasteiger partial charge is 0.410 e. The van der Waals surface area contributed by atoms with Gasteiger partial charge in [-0.3, -0.25) is 0 Å². The van der Waals surface area contributed by atoms with Crippen LogP contribution in [0.5, 0.6) is 0 Å². The van der Waals surface area contributed by atoms with Gasteiger partial charge in [0.25, 0.3) is 0 Å².